The van der Waals surface area contributed by atoms with Crippen LogP contribution in [-0.4, -0.2) is 34.9 Å². The molecule has 0 fully saturated rings. The monoisotopic (exact) mass is 308 g/mol. The third-order valence-corrected chi connectivity index (χ3v) is 3.94. The van der Waals surface area contributed by atoms with E-state index in [0.29, 0.717) is 17.5 Å². The molecule has 0 aliphatic carbocycles. The average Bonchev–Trinajstić information content (AvgIpc) is 2.92. The van der Waals surface area contributed by atoms with Crippen molar-refractivity contribution in [1.29, 1.82) is 0 Å². The maximum atomic E-state index is 11.7. The van der Waals surface area contributed by atoms with Crippen LogP contribution >= 0.6 is 11.8 Å². The summed E-state index contributed by atoms with van der Waals surface area (Å²) in [5.74, 6) is 0.553. The Morgan fingerprint density at radius 2 is 2.29 bits per heavy atom. The summed E-state index contributed by atoms with van der Waals surface area (Å²) in [7, 11) is 0. The molecule has 2 N–H and O–H groups in total. The molecule has 0 spiro atoms. The summed E-state index contributed by atoms with van der Waals surface area (Å²) >= 11 is 1.29. The molecule has 0 saturated carbocycles. The summed E-state index contributed by atoms with van der Waals surface area (Å²) in [5.41, 5.74) is 1.54. The first kappa shape index (κ1) is 15.9. The number of fused-ring (bicyclic) bond motifs is 1. The zero-order chi connectivity index (χ0) is 15.1. The maximum absolute atomic E-state index is 11.7. The van der Waals surface area contributed by atoms with E-state index in [2.05, 4.69) is 10.3 Å². The predicted octanol–water partition coefficient (Wildman–Crippen LogP) is 2.44. The van der Waals surface area contributed by atoms with Gasteiger partial charge in [0.15, 0.2) is 5.58 Å². The molecule has 0 aliphatic heterocycles. The first-order valence-electron chi connectivity index (χ1n) is 7.05. The van der Waals surface area contributed by atoms with E-state index >= 15 is 0 Å². The largest absolute Gasteiger partial charge is 0.431 e. The molecule has 1 atom stereocenters. The van der Waals surface area contributed by atoms with Gasteiger partial charge in [0.05, 0.1) is 5.75 Å². The molecular weight excluding hydrogens is 288 g/mol. The number of aliphatic hydroxyl groups is 1. The van der Waals surface area contributed by atoms with Crippen molar-refractivity contribution in [3.05, 3.63) is 24.3 Å². The van der Waals surface area contributed by atoms with Gasteiger partial charge in [-0.25, -0.2) is 4.98 Å². The number of amides is 1. The van der Waals surface area contributed by atoms with Gasteiger partial charge in [-0.2, -0.15) is 0 Å². The molecular formula is C15H20N2O3S. The molecule has 1 amide bonds. The third-order valence-electron chi connectivity index (χ3n) is 3.11. The van der Waals surface area contributed by atoms with Gasteiger partial charge in [0.2, 0.25) is 5.91 Å². The Kier molecular flexibility index (Phi) is 6.07. The molecule has 114 valence electrons. The van der Waals surface area contributed by atoms with Gasteiger partial charge in [0.1, 0.15) is 5.52 Å². The third kappa shape index (κ3) is 5.06. The number of thioether (sulfide) groups is 1. The molecule has 1 heterocycles. The number of rotatable bonds is 8. The fourth-order valence-electron chi connectivity index (χ4n) is 1.86. The van der Waals surface area contributed by atoms with E-state index in [0.717, 1.165) is 23.9 Å². The molecule has 1 aromatic heterocycles. The second kappa shape index (κ2) is 8.05. The smallest absolute Gasteiger partial charge is 0.257 e. The second-order valence-corrected chi connectivity index (χ2v) is 5.94. The average molecular weight is 308 g/mol. The van der Waals surface area contributed by atoms with Crippen LogP contribution in [0.3, 0.4) is 0 Å². The van der Waals surface area contributed by atoms with Crippen LogP contribution in [0.1, 0.15) is 19.8 Å². The van der Waals surface area contributed by atoms with Crippen molar-refractivity contribution in [1.82, 2.24) is 10.3 Å². The number of nitrogens with one attached hydrogen (secondary N) is 1. The van der Waals surface area contributed by atoms with Crippen molar-refractivity contribution in [3.8, 4) is 0 Å². The molecule has 1 unspecified atom stereocenters. The number of carbonyl (C=O) groups excluding carboxylic acids is 1. The predicted molar refractivity (Wildman–Crippen MR) is 83.2 cm³/mol. The number of para-hydroxylation sites is 2. The quantitative estimate of drug-likeness (QED) is 0.579. The lowest BCUT2D eigenvalue weighted by molar-refractivity contribution is -0.118. The molecule has 0 bridgehead atoms. The minimum atomic E-state index is -0.0288. The van der Waals surface area contributed by atoms with E-state index in [1.54, 1.807) is 0 Å². The lowest BCUT2D eigenvalue weighted by Gasteiger charge is -2.07. The zero-order valence-electron chi connectivity index (χ0n) is 12.0. The number of nitrogens with zero attached hydrogens (tertiary/aromatic N) is 1. The highest BCUT2D eigenvalue weighted by molar-refractivity contribution is 7.99. The Balaban J connectivity index is 1.69. The van der Waals surface area contributed by atoms with Crippen LogP contribution in [0.2, 0.25) is 0 Å². The highest BCUT2D eigenvalue weighted by atomic mass is 32.2. The van der Waals surface area contributed by atoms with Crippen molar-refractivity contribution in [2.75, 3.05) is 18.9 Å². The molecule has 2 aromatic rings. The van der Waals surface area contributed by atoms with Gasteiger partial charge in [-0.1, -0.05) is 30.8 Å². The topological polar surface area (TPSA) is 75.4 Å². The summed E-state index contributed by atoms with van der Waals surface area (Å²) in [6, 6.07) is 7.53. The zero-order valence-corrected chi connectivity index (χ0v) is 12.9. The van der Waals surface area contributed by atoms with E-state index in [1.165, 1.54) is 11.8 Å². The Bertz CT molecular complexity index is 552. The first-order chi connectivity index (χ1) is 10.2. The van der Waals surface area contributed by atoms with Gasteiger partial charge in [0.25, 0.3) is 5.22 Å². The highest BCUT2D eigenvalue weighted by Gasteiger charge is 2.08. The summed E-state index contributed by atoms with van der Waals surface area (Å²) in [6.45, 7) is 2.82. The van der Waals surface area contributed by atoms with Crippen LogP contribution in [0.5, 0.6) is 0 Å². The molecule has 21 heavy (non-hydrogen) atoms. The molecule has 0 radical (unpaired) electrons. The fourth-order valence-corrected chi connectivity index (χ4v) is 2.53. The standard InChI is InChI=1S/C15H20N2O3S/c1-11(9-18)5-4-8-16-14(19)10-21-15-17-12-6-2-3-7-13(12)20-15/h2-3,6-7,11,18H,4-5,8-10H2,1H3,(H,16,19). The number of oxazole rings is 1. The second-order valence-electron chi connectivity index (χ2n) is 5.02. The van der Waals surface area contributed by atoms with Crippen LogP contribution in [0.25, 0.3) is 11.1 Å². The molecule has 0 aliphatic rings. The summed E-state index contributed by atoms with van der Waals surface area (Å²) in [4.78, 5) is 16.0. The number of aromatic nitrogens is 1. The minimum absolute atomic E-state index is 0.0288. The van der Waals surface area contributed by atoms with Crippen molar-refractivity contribution in [3.63, 3.8) is 0 Å². The van der Waals surface area contributed by atoms with Gasteiger partial charge >= 0.3 is 0 Å². The van der Waals surface area contributed by atoms with Gasteiger partial charge in [-0.05, 0) is 30.9 Å². The fraction of sp³-hybridized carbons (Fsp3) is 0.467. The Morgan fingerprint density at radius 3 is 3.05 bits per heavy atom. The van der Waals surface area contributed by atoms with Crippen molar-refractivity contribution < 1.29 is 14.3 Å². The molecule has 2 rings (SSSR count). The normalized spacial score (nSPS) is 12.5. The Morgan fingerprint density at radius 1 is 1.48 bits per heavy atom. The maximum Gasteiger partial charge on any atom is 0.257 e. The number of aliphatic hydroxyl groups excluding tert-OH is 1. The van der Waals surface area contributed by atoms with Crippen molar-refractivity contribution in [2.45, 2.75) is 25.0 Å². The summed E-state index contributed by atoms with van der Waals surface area (Å²) in [5, 5.41) is 12.3. The van der Waals surface area contributed by atoms with Crippen LogP contribution in [0, 0.1) is 5.92 Å². The van der Waals surface area contributed by atoms with Crippen molar-refractivity contribution in [2.24, 2.45) is 5.92 Å². The summed E-state index contributed by atoms with van der Waals surface area (Å²) in [6.07, 6.45) is 1.79. The highest BCUT2D eigenvalue weighted by Crippen LogP contribution is 2.22. The van der Waals surface area contributed by atoms with Crippen LogP contribution in [0.4, 0.5) is 0 Å². The van der Waals surface area contributed by atoms with E-state index in [9.17, 15) is 4.79 Å². The van der Waals surface area contributed by atoms with E-state index < -0.39 is 0 Å². The lowest BCUT2D eigenvalue weighted by atomic mass is 10.1. The van der Waals surface area contributed by atoms with E-state index in [4.69, 9.17) is 9.52 Å². The molecule has 6 heteroatoms. The molecule has 0 saturated heterocycles. The molecule has 5 nitrogen and oxygen atoms in total. The Hall–Kier alpha value is -1.53. The van der Waals surface area contributed by atoms with Gasteiger partial charge < -0.3 is 14.8 Å². The van der Waals surface area contributed by atoms with Crippen LogP contribution in [0.15, 0.2) is 33.9 Å². The van der Waals surface area contributed by atoms with Crippen molar-refractivity contribution >= 4 is 28.8 Å². The van der Waals surface area contributed by atoms with Crippen LogP contribution in [-0.2, 0) is 4.79 Å². The number of benzene rings is 1. The summed E-state index contributed by atoms with van der Waals surface area (Å²) < 4.78 is 5.53. The lowest BCUT2D eigenvalue weighted by Crippen LogP contribution is -2.26. The van der Waals surface area contributed by atoms with E-state index in [-0.39, 0.29) is 18.4 Å². The van der Waals surface area contributed by atoms with Gasteiger partial charge in [-0.3, -0.25) is 4.79 Å². The first-order valence-corrected chi connectivity index (χ1v) is 8.03. The molecule has 1 aromatic carbocycles. The van der Waals surface area contributed by atoms with Gasteiger partial charge in [0, 0.05) is 13.2 Å². The van der Waals surface area contributed by atoms with E-state index in [1.807, 2.05) is 31.2 Å². The SMILES string of the molecule is CC(CO)CCCNC(=O)CSc1nc2ccccc2o1. The van der Waals surface area contributed by atoms with Crippen LogP contribution < -0.4 is 5.32 Å². The number of hydrogen-bond acceptors (Lipinski definition) is 5. The van der Waals surface area contributed by atoms with Gasteiger partial charge in [-0.15, -0.1) is 0 Å². The number of carbonyl (C=O) groups is 1. The minimum Gasteiger partial charge on any atom is -0.431 e. The number of hydrogen-bond donors (Lipinski definition) is 2. The Labute approximate surface area is 128 Å².